The first-order chi connectivity index (χ1) is 14.7. The molecule has 3 heterocycles. The molecular weight excluding hydrogens is 424 g/mol. The Hall–Kier alpha value is -2.18. The fraction of sp³-hybridized carbons (Fsp3) is 0.737. The minimum absolute atomic E-state index is 0.00867. The Morgan fingerprint density at radius 2 is 1.81 bits per heavy atom. The van der Waals surface area contributed by atoms with Crippen LogP contribution >= 0.6 is 0 Å². The first-order valence-electron chi connectivity index (χ1n) is 10.5. The number of amides is 2. The zero-order chi connectivity index (χ0) is 22.6. The van der Waals surface area contributed by atoms with Crippen LogP contribution in [0, 0.1) is 5.92 Å². The highest BCUT2D eigenvalue weighted by atomic mass is 32.2. The monoisotopic (exact) mass is 456 g/mol. The van der Waals surface area contributed by atoms with Gasteiger partial charge in [0.1, 0.15) is 5.56 Å². The van der Waals surface area contributed by atoms with E-state index in [0.29, 0.717) is 63.6 Å². The Bertz CT molecular complexity index is 886. The predicted molar refractivity (Wildman–Crippen MR) is 114 cm³/mol. The van der Waals surface area contributed by atoms with E-state index in [1.807, 2.05) is 0 Å². The first kappa shape index (κ1) is 23.5. The molecule has 1 aromatic heterocycles. The van der Waals surface area contributed by atoms with E-state index < -0.39 is 10.0 Å². The molecule has 2 aliphatic rings. The fourth-order valence-electron chi connectivity index (χ4n) is 4.04. The maximum absolute atomic E-state index is 12.7. The molecule has 2 saturated heterocycles. The van der Waals surface area contributed by atoms with E-state index in [1.54, 1.807) is 22.8 Å². The zero-order valence-electron chi connectivity index (χ0n) is 18.4. The molecular formula is C19H32N6O5S. The van der Waals surface area contributed by atoms with Gasteiger partial charge in [-0.1, -0.05) is 0 Å². The number of nitrogens with one attached hydrogen (secondary N) is 1. The fourth-order valence-corrected chi connectivity index (χ4v) is 4.92. The maximum atomic E-state index is 12.7. The second kappa shape index (κ2) is 9.96. The molecule has 1 aromatic rings. The van der Waals surface area contributed by atoms with Crippen molar-refractivity contribution in [2.45, 2.75) is 12.8 Å². The van der Waals surface area contributed by atoms with Gasteiger partial charge < -0.3 is 15.0 Å². The van der Waals surface area contributed by atoms with Crippen molar-refractivity contribution in [1.29, 1.82) is 0 Å². The highest BCUT2D eigenvalue weighted by Gasteiger charge is 2.29. The number of ether oxygens (including phenoxy) is 1. The molecule has 0 radical (unpaired) electrons. The van der Waals surface area contributed by atoms with Gasteiger partial charge in [0, 0.05) is 71.5 Å². The average molecular weight is 457 g/mol. The molecule has 2 fully saturated rings. The van der Waals surface area contributed by atoms with Crippen LogP contribution in [0.1, 0.15) is 23.2 Å². The van der Waals surface area contributed by atoms with Crippen LogP contribution in [0.5, 0.6) is 5.88 Å². The molecule has 0 saturated carbocycles. The molecule has 0 bridgehead atoms. The van der Waals surface area contributed by atoms with E-state index in [1.165, 1.54) is 17.7 Å². The Balaban J connectivity index is 1.37. The number of hydrogen-bond donors (Lipinski definition) is 1. The van der Waals surface area contributed by atoms with Crippen molar-refractivity contribution in [3.63, 3.8) is 0 Å². The number of hydrogen-bond acceptors (Lipinski definition) is 7. The molecule has 11 nitrogen and oxygen atoms in total. The van der Waals surface area contributed by atoms with Crippen LogP contribution < -0.4 is 10.1 Å². The molecule has 0 aromatic carbocycles. The lowest BCUT2D eigenvalue weighted by Crippen LogP contribution is -2.50. The van der Waals surface area contributed by atoms with Crippen LogP contribution in [0.3, 0.4) is 0 Å². The molecule has 0 aliphatic carbocycles. The van der Waals surface area contributed by atoms with Crippen LogP contribution in [0.4, 0.5) is 0 Å². The van der Waals surface area contributed by atoms with Gasteiger partial charge in [-0.15, -0.1) is 5.10 Å². The third-order valence-corrected chi connectivity index (χ3v) is 7.20. The minimum Gasteiger partial charge on any atom is -0.479 e. The lowest BCUT2D eigenvalue weighted by atomic mass is 9.97. The molecule has 31 heavy (non-hydrogen) atoms. The predicted octanol–water partition coefficient (Wildman–Crippen LogP) is -1.03. The van der Waals surface area contributed by atoms with Crippen molar-refractivity contribution >= 4 is 21.8 Å². The highest BCUT2D eigenvalue weighted by Crippen LogP contribution is 2.20. The molecule has 174 valence electrons. The van der Waals surface area contributed by atoms with Crippen LogP contribution in [0.15, 0.2) is 6.20 Å². The third-order valence-electron chi connectivity index (χ3n) is 5.90. The Kier molecular flexibility index (Phi) is 7.55. The summed E-state index contributed by atoms with van der Waals surface area (Å²) >= 11 is 0. The van der Waals surface area contributed by atoms with Crippen molar-refractivity contribution in [2.24, 2.45) is 13.0 Å². The minimum atomic E-state index is -3.18. The van der Waals surface area contributed by atoms with Gasteiger partial charge >= 0.3 is 0 Å². The standard InChI is InChI=1S/C19H32N6O5S/c1-22-14-16(18(21-22)30-2)19(27)24-12-10-23(11-13-24)9-6-20-17(26)15-4-7-25(8-5-15)31(3,28)29/h14-15H,4-13H2,1-3H3,(H,20,26). The lowest BCUT2D eigenvalue weighted by Gasteiger charge is -2.34. The zero-order valence-corrected chi connectivity index (χ0v) is 19.2. The van der Waals surface area contributed by atoms with Gasteiger partial charge in [0.15, 0.2) is 0 Å². The molecule has 0 unspecified atom stereocenters. The molecule has 0 atom stereocenters. The van der Waals surface area contributed by atoms with Crippen LogP contribution in [0.2, 0.25) is 0 Å². The van der Waals surface area contributed by atoms with Gasteiger partial charge in [-0.05, 0) is 12.8 Å². The average Bonchev–Trinajstić information content (AvgIpc) is 3.14. The number of carbonyl (C=O) groups excluding carboxylic acids is 2. The smallest absolute Gasteiger partial charge is 0.261 e. The van der Waals surface area contributed by atoms with Gasteiger partial charge in [-0.25, -0.2) is 12.7 Å². The summed E-state index contributed by atoms with van der Waals surface area (Å²) in [4.78, 5) is 29.1. The molecule has 3 rings (SSSR count). The number of nitrogens with zero attached hydrogens (tertiary/aromatic N) is 5. The highest BCUT2D eigenvalue weighted by molar-refractivity contribution is 7.88. The number of piperazine rings is 1. The first-order valence-corrected chi connectivity index (χ1v) is 12.4. The topological polar surface area (TPSA) is 117 Å². The SMILES string of the molecule is COc1nn(C)cc1C(=O)N1CCN(CCNC(=O)C2CCN(S(C)(=O)=O)CC2)CC1. The number of piperidine rings is 1. The number of sulfonamides is 1. The number of methoxy groups -OCH3 is 1. The van der Waals surface area contributed by atoms with Crippen molar-refractivity contribution in [2.75, 3.05) is 65.7 Å². The van der Waals surface area contributed by atoms with E-state index in [9.17, 15) is 18.0 Å². The van der Waals surface area contributed by atoms with Gasteiger partial charge in [0.25, 0.3) is 5.91 Å². The van der Waals surface area contributed by atoms with Crippen molar-refractivity contribution in [3.8, 4) is 5.88 Å². The van der Waals surface area contributed by atoms with E-state index >= 15 is 0 Å². The number of carbonyl (C=O) groups is 2. The second-order valence-corrected chi connectivity index (χ2v) is 10.1. The Labute approximate surface area is 183 Å². The summed E-state index contributed by atoms with van der Waals surface area (Å²) in [5.74, 6) is 0.103. The van der Waals surface area contributed by atoms with Gasteiger partial charge in [0.2, 0.25) is 21.8 Å². The number of rotatable bonds is 7. The maximum Gasteiger partial charge on any atom is 0.261 e. The summed E-state index contributed by atoms with van der Waals surface area (Å²) < 4.78 is 31.3. The molecule has 2 aliphatic heterocycles. The molecule has 12 heteroatoms. The normalized spacial score (nSPS) is 19.4. The van der Waals surface area contributed by atoms with Gasteiger partial charge in [0.05, 0.1) is 13.4 Å². The lowest BCUT2D eigenvalue weighted by molar-refractivity contribution is -0.126. The van der Waals surface area contributed by atoms with Gasteiger partial charge in [-0.3, -0.25) is 19.2 Å². The van der Waals surface area contributed by atoms with E-state index in [4.69, 9.17) is 4.74 Å². The van der Waals surface area contributed by atoms with Crippen molar-refractivity contribution in [3.05, 3.63) is 11.8 Å². The van der Waals surface area contributed by atoms with E-state index in [2.05, 4.69) is 15.3 Å². The summed E-state index contributed by atoms with van der Waals surface area (Å²) in [6, 6.07) is 0. The summed E-state index contributed by atoms with van der Waals surface area (Å²) in [5.41, 5.74) is 0.465. The van der Waals surface area contributed by atoms with E-state index in [-0.39, 0.29) is 17.7 Å². The second-order valence-electron chi connectivity index (χ2n) is 8.09. The summed E-state index contributed by atoms with van der Waals surface area (Å²) in [7, 11) is 0.0685. The summed E-state index contributed by atoms with van der Waals surface area (Å²) in [6.07, 6.45) is 3.98. The Morgan fingerprint density at radius 1 is 1.16 bits per heavy atom. The molecule has 2 amide bonds. The molecule has 1 N–H and O–H groups in total. The largest absolute Gasteiger partial charge is 0.479 e. The van der Waals surface area contributed by atoms with Gasteiger partial charge in [-0.2, -0.15) is 0 Å². The van der Waals surface area contributed by atoms with Crippen molar-refractivity contribution < 1.29 is 22.7 Å². The third kappa shape index (κ3) is 5.95. The number of aromatic nitrogens is 2. The van der Waals surface area contributed by atoms with Crippen LogP contribution in [-0.2, 0) is 21.9 Å². The Morgan fingerprint density at radius 3 is 2.39 bits per heavy atom. The molecule has 0 spiro atoms. The van der Waals surface area contributed by atoms with Crippen LogP contribution in [-0.4, -0.2) is 110 Å². The number of aryl methyl sites for hydroxylation is 1. The summed E-state index contributed by atoms with van der Waals surface area (Å²) in [5, 5.41) is 7.11. The summed E-state index contributed by atoms with van der Waals surface area (Å²) in [6.45, 7) is 4.72. The van der Waals surface area contributed by atoms with E-state index in [0.717, 1.165) is 13.1 Å². The quantitative estimate of drug-likeness (QED) is 0.558. The van der Waals surface area contributed by atoms with Crippen LogP contribution in [0.25, 0.3) is 0 Å². The van der Waals surface area contributed by atoms with Crippen molar-refractivity contribution in [1.82, 2.24) is 29.2 Å².